The molecule has 3 aromatic rings. The standard InChI is InChI=1S/C29H35N5O2S.CH4O/c1-6-8-21(7-2)18-30-27-26-24(31-20-32-27)17-25(37-26)23-11-9-22(10-12-23)19-33-13-15-34(16-14-33)28(35)36-29(3,4)5;1-2/h6-12,17,20H,1-2,13-16,18-19H2,3-5H3,(H,30,31,32);2H,1H3/b21-8+;. The molecule has 1 amide bonds. The van der Waals surface area contributed by atoms with Crippen LogP contribution in [-0.4, -0.2) is 76.4 Å². The van der Waals surface area contributed by atoms with Gasteiger partial charge in [0.05, 0.1) is 10.2 Å². The lowest BCUT2D eigenvalue weighted by molar-refractivity contribution is 0.0139. The van der Waals surface area contributed by atoms with Crippen LogP contribution in [0.4, 0.5) is 10.6 Å². The molecule has 2 N–H and O–H groups in total. The van der Waals surface area contributed by atoms with Crippen molar-refractivity contribution in [2.75, 3.05) is 45.2 Å². The zero-order valence-corrected chi connectivity index (χ0v) is 24.1. The van der Waals surface area contributed by atoms with Crippen molar-refractivity contribution in [3.8, 4) is 10.4 Å². The van der Waals surface area contributed by atoms with E-state index in [1.165, 1.54) is 5.56 Å². The molecule has 0 bridgehead atoms. The van der Waals surface area contributed by atoms with Crippen molar-refractivity contribution in [3.05, 3.63) is 79.2 Å². The van der Waals surface area contributed by atoms with E-state index in [1.807, 2.05) is 32.9 Å². The number of thiophene rings is 1. The minimum atomic E-state index is -0.465. The molecule has 2 aromatic heterocycles. The summed E-state index contributed by atoms with van der Waals surface area (Å²) in [6.07, 6.45) is 6.87. The summed E-state index contributed by atoms with van der Waals surface area (Å²) in [5.41, 5.74) is 3.92. The minimum absolute atomic E-state index is 0.225. The highest BCUT2D eigenvalue weighted by atomic mass is 32.1. The van der Waals surface area contributed by atoms with E-state index in [-0.39, 0.29) is 6.09 Å². The first-order valence-electron chi connectivity index (χ1n) is 12.9. The number of carbonyl (C=O) groups is 1. The van der Waals surface area contributed by atoms with Crippen molar-refractivity contribution in [1.29, 1.82) is 0 Å². The molecule has 3 heterocycles. The van der Waals surface area contributed by atoms with Crippen LogP contribution in [0.3, 0.4) is 0 Å². The molecule has 208 valence electrons. The first-order valence-corrected chi connectivity index (χ1v) is 13.7. The van der Waals surface area contributed by atoms with E-state index in [0.29, 0.717) is 19.6 Å². The highest BCUT2D eigenvalue weighted by molar-refractivity contribution is 7.22. The fourth-order valence-electron chi connectivity index (χ4n) is 4.11. The maximum absolute atomic E-state index is 12.3. The summed E-state index contributed by atoms with van der Waals surface area (Å²) in [6.45, 7) is 17.8. The molecule has 1 fully saturated rings. The largest absolute Gasteiger partial charge is 0.444 e. The normalized spacial score (nSPS) is 14.4. The molecule has 4 rings (SSSR count). The van der Waals surface area contributed by atoms with Crippen LogP contribution in [0.25, 0.3) is 20.7 Å². The predicted molar refractivity (Wildman–Crippen MR) is 161 cm³/mol. The SMILES string of the molecule is C=C/C=C(\C=C)CNc1ncnc2cc(-c3ccc(CN4CCN(C(=O)OC(C)(C)C)CC4)cc3)sc12.CO. The summed E-state index contributed by atoms with van der Waals surface area (Å²) in [6, 6.07) is 10.8. The van der Waals surface area contributed by atoms with Gasteiger partial charge in [0.15, 0.2) is 0 Å². The van der Waals surface area contributed by atoms with Gasteiger partial charge in [0, 0.05) is 51.3 Å². The lowest BCUT2D eigenvalue weighted by Gasteiger charge is -2.35. The molecule has 0 unspecified atom stereocenters. The Morgan fingerprint density at radius 2 is 1.82 bits per heavy atom. The number of rotatable bonds is 8. The maximum atomic E-state index is 12.3. The molecule has 1 aliphatic heterocycles. The second-order valence-electron chi connectivity index (χ2n) is 10.0. The number of anilines is 1. The van der Waals surface area contributed by atoms with Gasteiger partial charge >= 0.3 is 6.09 Å². The maximum Gasteiger partial charge on any atom is 0.410 e. The fraction of sp³-hybridized carbons (Fsp3) is 0.367. The van der Waals surface area contributed by atoms with Gasteiger partial charge in [0.25, 0.3) is 0 Å². The Morgan fingerprint density at radius 1 is 1.13 bits per heavy atom. The van der Waals surface area contributed by atoms with Crippen molar-refractivity contribution < 1.29 is 14.6 Å². The third-order valence-electron chi connectivity index (χ3n) is 6.03. The number of hydrogen-bond acceptors (Lipinski definition) is 8. The second-order valence-corrected chi connectivity index (χ2v) is 11.1. The topological polar surface area (TPSA) is 90.8 Å². The van der Waals surface area contributed by atoms with Crippen LogP contribution >= 0.6 is 11.3 Å². The molecule has 0 atom stereocenters. The van der Waals surface area contributed by atoms with E-state index >= 15 is 0 Å². The number of allylic oxidation sites excluding steroid dienone is 2. The van der Waals surface area contributed by atoms with Gasteiger partial charge in [-0.25, -0.2) is 14.8 Å². The molecule has 1 saturated heterocycles. The summed E-state index contributed by atoms with van der Waals surface area (Å²) in [5.74, 6) is 0.820. The fourth-order valence-corrected chi connectivity index (χ4v) is 5.19. The van der Waals surface area contributed by atoms with Crippen LogP contribution in [0, 0.1) is 0 Å². The Kier molecular flexibility index (Phi) is 10.8. The molecule has 1 aliphatic rings. The van der Waals surface area contributed by atoms with Gasteiger partial charge < -0.3 is 20.1 Å². The van der Waals surface area contributed by atoms with Gasteiger partial charge in [-0.2, -0.15) is 0 Å². The summed E-state index contributed by atoms with van der Waals surface area (Å²) < 4.78 is 6.53. The van der Waals surface area contributed by atoms with E-state index in [0.717, 1.165) is 58.8 Å². The number of carbonyl (C=O) groups excluding carboxylic acids is 1. The Balaban J connectivity index is 0.00000205. The smallest absolute Gasteiger partial charge is 0.410 e. The number of piperazine rings is 1. The monoisotopic (exact) mass is 549 g/mol. The first kappa shape index (κ1) is 30.0. The van der Waals surface area contributed by atoms with Crippen molar-refractivity contribution in [3.63, 3.8) is 0 Å². The molecule has 9 heteroatoms. The molecule has 0 spiro atoms. The highest BCUT2D eigenvalue weighted by Gasteiger charge is 2.25. The Morgan fingerprint density at radius 3 is 2.44 bits per heavy atom. The van der Waals surface area contributed by atoms with Gasteiger partial charge in [-0.15, -0.1) is 11.3 Å². The number of amides is 1. The Bertz CT molecular complexity index is 1290. The third-order valence-corrected chi connectivity index (χ3v) is 7.21. The van der Waals surface area contributed by atoms with Crippen molar-refractivity contribution >= 4 is 33.5 Å². The van der Waals surface area contributed by atoms with Gasteiger partial charge in [-0.1, -0.05) is 55.7 Å². The van der Waals surface area contributed by atoms with Gasteiger partial charge in [-0.05, 0) is 43.5 Å². The van der Waals surface area contributed by atoms with Gasteiger partial charge in [0.1, 0.15) is 17.7 Å². The van der Waals surface area contributed by atoms with E-state index in [2.05, 4.69) is 63.7 Å². The molecule has 39 heavy (non-hydrogen) atoms. The van der Waals surface area contributed by atoms with E-state index in [1.54, 1.807) is 28.6 Å². The number of hydrogen-bond donors (Lipinski definition) is 2. The Hall–Kier alpha value is -3.53. The van der Waals surface area contributed by atoms with Gasteiger partial charge in [0.2, 0.25) is 0 Å². The average molecular weight is 550 g/mol. The lowest BCUT2D eigenvalue weighted by atomic mass is 10.1. The number of fused-ring (bicyclic) bond motifs is 1. The number of aliphatic hydroxyl groups is 1. The van der Waals surface area contributed by atoms with Crippen LogP contribution in [0.1, 0.15) is 26.3 Å². The number of ether oxygens (including phenoxy) is 1. The second kappa shape index (κ2) is 14.0. The van der Waals surface area contributed by atoms with Crippen LogP contribution in [-0.2, 0) is 11.3 Å². The molecule has 8 nitrogen and oxygen atoms in total. The molecule has 0 saturated carbocycles. The third kappa shape index (κ3) is 8.48. The number of nitrogens with zero attached hydrogens (tertiary/aromatic N) is 4. The van der Waals surface area contributed by atoms with Crippen molar-refractivity contribution in [1.82, 2.24) is 19.8 Å². The number of aliphatic hydroxyl groups excluding tert-OH is 1. The van der Waals surface area contributed by atoms with E-state index in [4.69, 9.17) is 9.84 Å². The zero-order valence-electron chi connectivity index (χ0n) is 23.3. The summed E-state index contributed by atoms with van der Waals surface area (Å²) in [4.78, 5) is 26.6. The van der Waals surface area contributed by atoms with Crippen LogP contribution in [0.2, 0.25) is 0 Å². The average Bonchev–Trinajstić information content (AvgIpc) is 3.37. The minimum Gasteiger partial charge on any atom is -0.444 e. The van der Waals surface area contributed by atoms with Gasteiger partial charge in [-0.3, -0.25) is 4.90 Å². The van der Waals surface area contributed by atoms with E-state index in [9.17, 15) is 4.79 Å². The molecule has 1 aromatic carbocycles. The molecular weight excluding hydrogens is 510 g/mol. The molecular formula is C30H39N5O3S. The highest BCUT2D eigenvalue weighted by Crippen LogP contribution is 2.35. The molecule has 0 aliphatic carbocycles. The zero-order chi connectivity index (χ0) is 28.4. The lowest BCUT2D eigenvalue weighted by Crippen LogP contribution is -2.49. The summed E-state index contributed by atoms with van der Waals surface area (Å²) in [7, 11) is 1.00. The molecule has 0 radical (unpaired) electrons. The van der Waals surface area contributed by atoms with Crippen LogP contribution in [0.15, 0.2) is 73.6 Å². The number of nitrogens with one attached hydrogen (secondary N) is 1. The summed E-state index contributed by atoms with van der Waals surface area (Å²) in [5, 5.41) is 10.4. The van der Waals surface area contributed by atoms with Crippen LogP contribution in [0.5, 0.6) is 0 Å². The number of benzene rings is 1. The van der Waals surface area contributed by atoms with Crippen LogP contribution < -0.4 is 5.32 Å². The quantitative estimate of drug-likeness (QED) is 0.347. The van der Waals surface area contributed by atoms with Crippen molar-refractivity contribution in [2.45, 2.75) is 32.9 Å². The number of aromatic nitrogens is 2. The van der Waals surface area contributed by atoms with E-state index < -0.39 is 5.60 Å². The van der Waals surface area contributed by atoms with Crippen molar-refractivity contribution in [2.24, 2.45) is 0 Å². The Labute approximate surface area is 235 Å². The first-order chi connectivity index (χ1) is 18.8. The summed E-state index contributed by atoms with van der Waals surface area (Å²) >= 11 is 1.69. The predicted octanol–water partition coefficient (Wildman–Crippen LogP) is 5.73.